The van der Waals surface area contributed by atoms with Gasteiger partial charge >= 0.3 is 0 Å². The van der Waals surface area contributed by atoms with Crippen molar-refractivity contribution in [2.24, 2.45) is 0 Å². The highest BCUT2D eigenvalue weighted by molar-refractivity contribution is 7.92. The first-order valence-corrected chi connectivity index (χ1v) is 16.9. The van der Waals surface area contributed by atoms with Crippen molar-refractivity contribution >= 4 is 62.3 Å². The summed E-state index contributed by atoms with van der Waals surface area (Å²) in [6.07, 6.45) is 4.12. The normalized spacial score (nSPS) is 14.4. The van der Waals surface area contributed by atoms with Crippen molar-refractivity contribution in [1.82, 2.24) is 10.2 Å². The Balaban J connectivity index is 1.78. The first-order chi connectivity index (χ1) is 20.4. The summed E-state index contributed by atoms with van der Waals surface area (Å²) < 4.78 is 29.3. The number of hydrogen-bond donors (Lipinski definition) is 1. The van der Waals surface area contributed by atoms with Crippen molar-refractivity contribution in [2.75, 3.05) is 10.8 Å². The average molecular weight is 665 g/mol. The van der Waals surface area contributed by atoms with Gasteiger partial charge in [-0.25, -0.2) is 8.42 Å². The number of nitrogens with one attached hydrogen (secondary N) is 1. The minimum atomic E-state index is -4.22. The number of sulfonamides is 1. The van der Waals surface area contributed by atoms with Gasteiger partial charge in [0.2, 0.25) is 11.8 Å². The van der Waals surface area contributed by atoms with Gasteiger partial charge in [-0.2, -0.15) is 0 Å². The standard InChI is InChI=1S/C32H36Cl3N3O4S/c1-4-29(32(40)36-24-8-5-6-9-24)37(19-26-27(34)10-7-11-28(26)35)31(39)20-38(30-18-23(33)15-14-22(30)3)43(41,42)25-16-12-21(2)13-17-25/h7,10-18,24,29H,4-6,8-9,19-20H2,1-3H3,(H,36,40). The molecule has 1 fully saturated rings. The van der Waals surface area contributed by atoms with E-state index in [0.29, 0.717) is 32.6 Å². The van der Waals surface area contributed by atoms with E-state index in [1.807, 2.05) is 13.8 Å². The summed E-state index contributed by atoms with van der Waals surface area (Å²) in [7, 11) is -4.22. The molecule has 230 valence electrons. The second-order valence-electron chi connectivity index (χ2n) is 10.9. The lowest BCUT2D eigenvalue weighted by Crippen LogP contribution is -2.53. The number of amides is 2. The Hall–Kier alpha value is -2.78. The molecule has 1 N–H and O–H groups in total. The fourth-order valence-electron chi connectivity index (χ4n) is 5.34. The van der Waals surface area contributed by atoms with E-state index in [4.69, 9.17) is 34.8 Å². The van der Waals surface area contributed by atoms with Crippen molar-refractivity contribution in [3.63, 3.8) is 0 Å². The van der Waals surface area contributed by atoms with Crippen LogP contribution in [0, 0.1) is 13.8 Å². The van der Waals surface area contributed by atoms with E-state index in [-0.39, 0.29) is 29.1 Å². The molecule has 1 aliphatic rings. The quantitative estimate of drug-likeness (QED) is 0.233. The van der Waals surface area contributed by atoms with Gasteiger partial charge in [-0.3, -0.25) is 13.9 Å². The number of carbonyl (C=O) groups is 2. The van der Waals surface area contributed by atoms with Gasteiger partial charge in [0.15, 0.2) is 0 Å². The molecule has 4 rings (SSSR count). The molecule has 0 radical (unpaired) electrons. The molecule has 0 aromatic heterocycles. The average Bonchev–Trinajstić information content (AvgIpc) is 3.47. The Morgan fingerprint density at radius 2 is 1.58 bits per heavy atom. The van der Waals surface area contributed by atoms with E-state index < -0.39 is 28.5 Å². The van der Waals surface area contributed by atoms with Crippen LogP contribution in [0.3, 0.4) is 0 Å². The Labute approximate surface area is 269 Å². The number of hydrogen-bond acceptors (Lipinski definition) is 4. The molecule has 1 atom stereocenters. The van der Waals surface area contributed by atoms with Crippen LogP contribution in [0.2, 0.25) is 15.1 Å². The Kier molecular flexibility index (Phi) is 11.0. The van der Waals surface area contributed by atoms with Gasteiger partial charge in [0, 0.05) is 33.2 Å². The van der Waals surface area contributed by atoms with Crippen molar-refractivity contribution in [3.8, 4) is 0 Å². The number of anilines is 1. The number of nitrogens with zero attached hydrogens (tertiary/aromatic N) is 2. The van der Waals surface area contributed by atoms with Crippen LogP contribution < -0.4 is 9.62 Å². The Bertz CT molecular complexity index is 1550. The maximum absolute atomic E-state index is 14.3. The highest BCUT2D eigenvalue weighted by Crippen LogP contribution is 2.31. The number of halogens is 3. The van der Waals surface area contributed by atoms with E-state index in [2.05, 4.69) is 5.32 Å². The first-order valence-electron chi connectivity index (χ1n) is 14.3. The van der Waals surface area contributed by atoms with E-state index in [0.717, 1.165) is 35.6 Å². The smallest absolute Gasteiger partial charge is 0.264 e. The molecule has 1 aliphatic carbocycles. The van der Waals surface area contributed by atoms with Crippen molar-refractivity contribution in [3.05, 3.63) is 92.4 Å². The zero-order chi connectivity index (χ0) is 31.3. The zero-order valence-electron chi connectivity index (χ0n) is 24.4. The van der Waals surface area contributed by atoms with Crippen LogP contribution in [0.1, 0.15) is 55.7 Å². The lowest BCUT2D eigenvalue weighted by Gasteiger charge is -2.34. The monoisotopic (exact) mass is 663 g/mol. The van der Waals surface area contributed by atoms with Gasteiger partial charge in [0.25, 0.3) is 10.0 Å². The third-order valence-electron chi connectivity index (χ3n) is 7.81. The SMILES string of the molecule is CCC(C(=O)NC1CCCC1)N(Cc1c(Cl)cccc1Cl)C(=O)CN(c1cc(Cl)ccc1C)S(=O)(=O)c1ccc(C)cc1. The van der Waals surface area contributed by atoms with Crippen molar-refractivity contribution < 1.29 is 18.0 Å². The van der Waals surface area contributed by atoms with Crippen LogP contribution >= 0.6 is 34.8 Å². The molecule has 0 aliphatic heterocycles. The molecule has 3 aromatic rings. The molecule has 43 heavy (non-hydrogen) atoms. The second-order valence-corrected chi connectivity index (χ2v) is 14.0. The van der Waals surface area contributed by atoms with Crippen molar-refractivity contribution in [2.45, 2.75) is 76.4 Å². The maximum Gasteiger partial charge on any atom is 0.264 e. The summed E-state index contributed by atoms with van der Waals surface area (Å²) in [6.45, 7) is 4.76. The molecule has 1 saturated carbocycles. The van der Waals surface area contributed by atoms with Crippen LogP contribution in [0.4, 0.5) is 5.69 Å². The minimum Gasteiger partial charge on any atom is -0.352 e. The molecule has 0 spiro atoms. The molecule has 2 amide bonds. The molecule has 3 aromatic carbocycles. The van der Waals surface area contributed by atoms with Gasteiger partial charge in [-0.15, -0.1) is 0 Å². The lowest BCUT2D eigenvalue weighted by atomic mass is 10.1. The predicted octanol–water partition coefficient (Wildman–Crippen LogP) is 7.33. The van der Waals surface area contributed by atoms with Crippen LogP contribution in [-0.4, -0.2) is 43.8 Å². The van der Waals surface area contributed by atoms with Gasteiger partial charge in [0.05, 0.1) is 10.6 Å². The third-order valence-corrected chi connectivity index (χ3v) is 10.5. The van der Waals surface area contributed by atoms with Gasteiger partial charge in [-0.1, -0.05) is 84.4 Å². The predicted molar refractivity (Wildman–Crippen MR) is 173 cm³/mol. The largest absolute Gasteiger partial charge is 0.352 e. The van der Waals surface area contributed by atoms with Crippen LogP contribution in [-0.2, 0) is 26.2 Å². The fourth-order valence-corrected chi connectivity index (χ4v) is 7.50. The van der Waals surface area contributed by atoms with E-state index >= 15 is 0 Å². The highest BCUT2D eigenvalue weighted by atomic mass is 35.5. The minimum absolute atomic E-state index is 0.0250. The van der Waals surface area contributed by atoms with Crippen LogP contribution in [0.25, 0.3) is 0 Å². The zero-order valence-corrected chi connectivity index (χ0v) is 27.5. The molecule has 7 nitrogen and oxygen atoms in total. The number of aryl methyl sites for hydroxylation is 2. The van der Waals surface area contributed by atoms with Crippen LogP contribution in [0.15, 0.2) is 65.6 Å². The maximum atomic E-state index is 14.3. The molecule has 1 unspecified atom stereocenters. The summed E-state index contributed by atoms with van der Waals surface area (Å²) in [4.78, 5) is 29.4. The molecule has 0 saturated heterocycles. The van der Waals surface area contributed by atoms with E-state index in [9.17, 15) is 18.0 Å². The molecule has 11 heteroatoms. The highest BCUT2D eigenvalue weighted by Gasteiger charge is 2.35. The van der Waals surface area contributed by atoms with Crippen LogP contribution in [0.5, 0.6) is 0 Å². The van der Waals surface area contributed by atoms with Crippen molar-refractivity contribution in [1.29, 1.82) is 0 Å². The van der Waals surface area contributed by atoms with Gasteiger partial charge < -0.3 is 10.2 Å². The molecule has 0 heterocycles. The van der Waals surface area contributed by atoms with Gasteiger partial charge in [-0.05, 0) is 75.1 Å². The summed E-state index contributed by atoms with van der Waals surface area (Å²) in [5.74, 6) is -0.878. The Morgan fingerprint density at radius 3 is 2.19 bits per heavy atom. The fraction of sp³-hybridized carbons (Fsp3) is 0.375. The third kappa shape index (κ3) is 7.85. The van der Waals surface area contributed by atoms with Gasteiger partial charge in [0.1, 0.15) is 12.6 Å². The topological polar surface area (TPSA) is 86.8 Å². The summed E-state index contributed by atoms with van der Waals surface area (Å²) in [5, 5.41) is 4.09. The second kappa shape index (κ2) is 14.3. The first kappa shape index (κ1) is 33.1. The van der Waals surface area contributed by atoms with E-state index in [1.165, 1.54) is 23.1 Å². The lowest BCUT2D eigenvalue weighted by molar-refractivity contribution is -0.140. The Morgan fingerprint density at radius 1 is 0.953 bits per heavy atom. The summed E-state index contributed by atoms with van der Waals surface area (Å²) in [6, 6.07) is 15.5. The number of carbonyl (C=O) groups excluding carboxylic acids is 2. The molecule has 0 bridgehead atoms. The molecular weight excluding hydrogens is 629 g/mol. The summed E-state index contributed by atoms with van der Waals surface area (Å²) >= 11 is 19.3. The number of rotatable bonds is 11. The summed E-state index contributed by atoms with van der Waals surface area (Å²) in [5.41, 5.74) is 2.24. The number of benzene rings is 3. The molecular formula is C32H36Cl3N3O4S. The van der Waals surface area contributed by atoms with E-state index in [1.54, 1.807) is 49.4 Å².